The first kappa shape index (κ1) is 10.9. The zero-order valence-corrected chi connectivity index (χ0v) is 9.80. The first-order valence-corrected chi connectivity index (χ1v) is 5.98. The summed E-state index contributed by atoms with van der Waals surface area (Å²) in [5.74, 6) is 0.697. The van der Waals surface area contributed by atoms with Gasteiger partial charge in [0, 0.05) is 6.20 Å². The van der Waals surface area contributed by atoms with Gasteiger partial charge in [0.15, 0.2) is 0 Å². The number of halogens is 1. The highest BCUT2D eigenvalue weighted by Gasteiger charge is 2.27. The number of rotatable bonds is 3. The van der Waals surface area contributed by atoms with Crippen molar-refractivity contribution in [3.63, 3.8) is 0 Å². The Bertz CT molecular complexity index is 321. The van der Waals surface area contributed by atoms with Crippen molar-refractivity contribution in [3.8, 4) is 0 Å². The molecule has 1 aromatic heterocycles. The largest absolute Gasteiger partial charge is 0.311 e. The molecule has 0 saturated heterocycles. The van der Waals surface area contributed by atoms with E-state index in [4.69, 9.17) is 11.6 Å². The fourth-order valence-electron chi connectivity index (χ4n) is 2.51. The number of pyridine rings is 1. The van der Waals surface area contributed by atoms with Gasteiger partial charge in [0.1, 0.15) is 0 Å². The van der Waals surface area contributed by atoms with Crippen LogP contribution in [0.5, 0.6) is 0 Å². The molecule has 15 heavy (non-hydrogen) atoms. The van der Waals surface area contributed by atoms with Crippen LogP contribution in [0.2, 0.25) is 5.02 Å². The van der Waals surface area contributed by atoms with Crippen molar-refractivity contribution in [3.05, 3.63) is 29.0 Å². The Hall–Kier alpha value is -0.600. The fourth-order valence-corrected chi connectivity index (χ4v) is 2.75. The van der Waals surface area contributed by atoms with Gasteiger partial charge in [-0.2, -0.15) is 0 Å². The van der Waals surface area contributed by atoms with Crippen LogP contribution in [0.3, 0.4) is 0 Å². The molecule has 1 heterocycles. The van der Waals surface area contributed by atoms with E-state index in [0.717, 1.165) is 10.7 Å². The maximum atomic E-state index is 6.17. The molecule has 0 spiro atoms. The Morgan fingerprint density at radius 3 is 2.80 bits per heavy atom. The summed E-state index contributed by atoms with van der Waals surface area (Å²) >= 11 is 6.17. The van der Waals surface area contributed by atoms with Gasteiger partial charge in [-0.05, 0) is 37.9 Å². The van der Waals surface area contributed by atoms with Crippen LogP contribution in [0, 0.1) is 5.92 Å². The zero-order chi connectivity index (χ0) is 10.7. The molecule has 0 amide bonds. The summed E-state index contributed by atoms with van der Waals surface area (Å²) in [6, 6.07) is 4.12. The van der Waals surface area contributed by atoms with E-state index in [1.807, 2.05) is 25.4 Å². The van der Waals surface area contributed by atoms with Gasteiger partial charge in [-0.25, -0.2) is 0 Å². The predicted molar refractivity (Wildman–Crippen MR) is 63.0 cm³/mol. The molecule has 82 valence electrons. The van der Waals surface area contributed by atoms with Gasteiger partial charge in [-0.1, -0.05) is 24.4 Å². The topological polar surface area (TPSA) is 24.9 Å². The summed E-state index contributed by atoms with van der Waals surface area (Å²) in [6.07, 6.45) is 7.08. The van der Waals surface area contributed by atoms with Gasteiger partial charge in [0.05, 0.1) is 16.8 Å². The highest BCUT2D eigenvalue weighted by Crippen LogP contribution is 2.36. The number of hydrogen-bond donors (Lipinski definition) is 1. The summed E-state index contributed by atoms with van der Waals surface area (Å²) in [5.41, 5.74) is 1.01. The quantitative estimate of drug-likeness (QED) is 0.853. The minimum absolute atomic E-state index is 0.321. The van der Waals surface area contributed by atoms with E-state index in [0.29, 0.717) is 12.0 Å². The molecule has 0 aliphatic heterocycles. The van der Waals surface area contributed by atoms with Crippen molar-refractivity contribution in [1.29, 1.82) is 0 Å². The summed E-state index contributed by atoms with van der Waals surface area (Å²) in [6.45, 7) is 0. The van der Waals surface area contributed by atoms with E-state index in [9.17, 15) is 0 Å². The highest BCUT2D eigenvalue weighted by atomic mass is 35.5. The molecule has 1 unspecified atom stereocenters. The number of nitrogens with zero attached hydrogens (tertiary/aromatic N) is 1. The highest BCUT2D eigenvalue weighted by molar-refractivity contribution is 6.31. The number of nitrogens with one attached hydrogen (secondary N) is 1. The van der Waals surface area contributed by atoms with E-state index in [2.05, 4.69) is 10.3 Å². The molecule has 3 heteroatoms. The normalized spacial score (nSPS) is 19.3. The Labute approximate surface area is 96.1 Å². The second kappa shape index (κ2) is 4.95. The molecule has 0 radical (unpaired) electrons. The summed E-state index contributed by atoms with van der Waals surface area (Å²) in [5, 5.41) is 4.14. The van der Waals surface area contributed by atoms with E-state index in [1.165, 1.54) is 25.7 Å². The van der Waals surface area contributed by atoms with E-state index < -0.39 is 0 Å². The first-order valence-electron chi connectivity index (χ1n) is 5.60. The van der Waals surface area contributed by atoms with Crippen LogP contribution in [-0.4, -0.2) is 12.0 Å². The van der Waals surface area contributed by atoms with Crippen molar-refractivity contribution in [2.24, 2.45) is 5.92 Å². The van der Waals surface area contributed by atoms with Crippen LogP contribution in [-0.2, 0) is 0 Å². The Morgan fingerprint density at radius 1 is 1.47 bits per heavy atom. The molecule has 1 aliphatic rings. The second-order valence-corrected chi connectivity index (χ2v) is 4.59. The smallest absolute Gasteiger partial charge is 0.0761 e. The monoisotopic (exact) mass is 224 g/mol. The predicted octanol–water partition coefficient (Wildman–Crippen LogP) is 3.19. The molecular formula is C12H17ClN2. The third-order valence-corrected chi connectivity index (χ3v) is 3.58. The molecule has 2 nitrogen and oxygen atoms in total. The molecule has 1 atom stereocenters. The van der Waals surface area contributed by atoms with Crippen molar-refractivity contribution in [2.75, 3.05) is 7.05 Å². The third-order valence-electron chi connectivity index (χ3n) is 3.26. The minimum Gasteiger partial charge on any atom is -0.311 e. The van der Waals surface area contributed by atoms with E-state index in [-0.39, 0.29) is 0 Å². The maximum Gasteiger partial charge on any atom is 0.0761 e. The van der Waals surface area contributed by atoms with Crippen LogP contribution in [0.15, 0.2) is 18.3 Å². The minimum atomic E-state index is 0.321. The lowest BCUT2D eigenvalue weighted by atomic mass is 9.95. The number of aromatic nitrogens is 1. The van der Waals surface area contributed by atoms with Gasteiger partial charge in [-0.15, -0.1) is 0 Å². The maximum absolute atomic E-state index is 6.17. The second-order valence-electron chi connectivity index (χ2n) is 4.18. The Morgan fingerprint density at radius 2 is 2.20 bits per heavy atom. The third kappa shape index (κ3) is 2.32. The summed E-state index contributed by atoms with van der Waals surface area (Å²) < 4.78 is 0. The molecule has 0 aromatic carbocycles. The summed E-state index contributed by atoms with van der Waals surface area (Å²) in [7, 11) is 1.99. The van der Waals surface area contributed by atoms with Gasteiger partial charge in [0.2, 0.25) is 0 Å². The zero-order valence-electron chi connectivity index (χ0n) is 9.04. The van der Waals surface area contributed by atoms with Crippen LogP contribution >= 0.6 is 11.6 Å². The Kier molecular flexibility index (Phi) is 3.60. The van der Waals surface area contributed by atoms with Crippen LogP contribution < -0.4 is 5.32 Å². The van der Waals surface area contributed by atoms with Gasteiger partial charge >= 0.3 is 0 Å². The SMILES string of the molecule is CNC(c1ncccc1Cl)C1CCCC1. The van der Waals surface area contributed by atoms with Gasteiger partial charge in [-0.3, -0.25) is 4.98 Å². The van der Waals surface area contributed by atoms with E-state index >= 15 is 0 Å². The molecule has 1 fully saturated rings. The molecule has 0 bridgehead atoms. The molecular weight excluding hydrogens is 208 g/mol. The molecule has 1 aromatic rings. The van der Waals surface area contributed by atoms with Crippen molar-refractivity contribution >= 4 is 11.6 Å². The van der Waals surface area contributed by atoms with Crippen LogP contribution in [0.4, 0.5) is 0 Å². The van der Waals surface area contributed by atoms with Crippen LogP contribution in [0.25, 0.3) is 0 Å². The van der Waals surface area contributed by atoms with E-state index in [1.54, 1.807) is 0 Å². The lowest BCUT2D eigenvalue weighted by Crippen LogP contribution is -2.24. The average molecular weight is 225 g/mol. The average Bonchev–Trinajstić information content (AvgIpc) is 2.75. The molecule has 2 rings (SSSR count). The lowest BCUT2D eigenvalue weighted by molar-refractivity contribution is 0.383. The van der Waals surface area contributed by atoms with Gasteiger partial charge in [0.25, 0.3) is 0 Å². The van der Waals surface area contributed by atoms with Gasteiger partial charge < -0.3 is 5.32 Å². The van der Waals surface area contributed by atoms with Crippen molar-refractivity contribution < 1.29 is 0 Å². The first-order chi connectivity index (χ1) is 7.33. The van der Waals surface area contributed by atoms with Crippen LogP contribution in [0.1, 0.15) is 37.4 Å². The molecule has 1 aliphatic carbocycles. The Balaban J connectivity index is 2.22. The lowest BCUT2D eigenvalue weighted by Gasteiger charge is -2.23. The summed E-state index contributed by atoms with van der Waals surface area (Å²) in [4.78, 5) is 4.40. The standard InChI is InChI=1S/C12H17ClN2/c1-14-11(9-5-2-3-6-9)12-10(13)7-4-8-15-12/h4,7-9,11,14H,2-3,5-6H2,1H3. The van der Waals surface area contributed by atoms with Crippen molar-refractivity contribution in [2.45, 2.75) is 31.7 Å². The fraction of sp³-hybridized carbons (Fsp3) is 0.583. The number of hydrogen-bond acceptors (Lipinski definition) is 2. The molecule has 1 saturated carbocycles. The molecule has 1 N–H and O–H groups in total. The van der Waals surface area contributed by atoms with Crippen molar-refractivity contribution in [1.82, 2.24) is 10.3 Å².